The molecule has 0 fully saturated rings. The quantitative estimate of drug-likeness (QED) is 0.128. The fraction of sp³-hybridized carbons (Fsp3) is 0.200. The zero-order valence-corrected chi connectivity index (χ0v) is 24.5. The first-order valence-corrected chi connectivity index (χ1v) is 16.0. The fourth-order valence-corrected chi connectivity index (χ4v) is 5.50. The summed E-state index contributed by atoms with van der Waals surface area (Å²) in [5, 5.41) is 18.9. The Morgan fingerprint density at radius 2 is 0.872 bits per heavy atom. The van der Waals surface area contributed by atoms with E-state index in [9.17, 15) is 10.2 Å². The third-order valence-electron chi connectivity index (χ3n) is 5.39. The van der Waals surface area contributed by atoms with Crippen LogP contribution in [0.3, 0.4) is 0 Å². The first-order valence-electron chi connectivity index (χ1n) is 12.1. The van der Waals surface area contributed by atoms with Crippen molar-refractivity contribution >= 4 is 33.9 Å². The lowest BCUT2D eigenvalue weighted by Gasteiger charge is -2.06. The monoisotopic (exact) mass is 586 g/mol. The number of rotatable bonds is 8. The maximum absolute atomic E-state index is 9.44. The van der Waals surface area contributed by atoms with Gasteiger partial charge < -0.3 is 19.3 Å². The van der Waals surface area contributed by atoms with Crippen molar-refractivity contribution < 1.29 is 27.7 Å². The van der Waals surface area contributed by atoms with Crippen LogP contribution < -0.4 is 0 Å². The molecule has 4 aromatic rings. The largest absolute Gasteiger partial charge is 0.759 e. The SMILES string of the molecule is Cc1cc(C[SH+]Cc2ccccc2)ccc1O.Cc1cc(C[SH+]Cc2ccccc2)ccc1O.O=S(=O)([O-])[O-]. The van der Waals surface area contributed by atoms with Crippen LogP contribution in [0.2, 0.25) is 0 Å². The van der Waals surface area contributed by atoms with Crippen LogP contribution in [0.1, 0.15) is 33.4 Å². The molecule has 0 aliphatic carbocycles. The minimum Gasteiger partial charge on any atom is -0.759 e. The van der Waals surface area contributed by atoms with E-state index in [2.05, 4.69) is 60.7 Å². The van der Waals surface area contributed by atoms with Gasteiger partial charge in [0.15, 0.2) is 0 Å². The highest BCUT2D eigenvalue weighted by Gasteiger charge is 2.05. The molecule has 0 radical (unpaired) electrons. The topological polar surface area (TPSA) is 121 Å². The van der Waals surface area contributed by atoms with Gasteiger partial charge in [0.25, 0.3) is 0 Å². The van der Waals surface area contributed by atoms with Gasteiger partial charge in [0, 0.05) is 32.7 Å². The average Bonchev–Trinajstić information content (AvgIpc) is 2.89. The Morgan fingerprint density at radius 3 is 1.18 bits per heavy atom. The van der Waals surface area contributed by atoms with Gasteiger partial charge >= 0.3 is 0 Å². The summed E-state index contributed by atoms with van der Waals surface area (Å²) in [5.74, 6) is 5.01. The summed E-state index contributed by atoms with van der Waals surface area (Å²) < 4.78 is 34.1. The second-order valence-electron chi connectivity index (χ2n) is 8.70. The molecule has 0 amide bonds. The van der Waals surface area contributed by atoms with E-state index in [1.54, 1.807) is 12.1 Å². The zero-order chi connectivity index (χ0) is 28.7. The van der Waals surface area contributed by atoms with E-state index in [1.807, 2.05) is 38.1 Å². The van der Waals surface area contributed by atoms with Crippen molar-refractivity contribution in [2.75, 3.05) is 0 Å². The molecule has 0 saturated carbocycles. The van der Waals surface area contributed by atoms with E-state index in [4.69, 9.17) is 17.5 Å². The van der Waals surface area contributed by atoms with Gasteiger partial charge in [-0.1, -0.05) is 72.8 Å². The lowest BCUT2D eigenvalue weighted by molar-refractivity contribution is 0.352. The minimum atomic E-state index is -5.17. The van der Waals surface area contributed by atoms with E-state index < -0.39 is 10.4 Å². The molecule has 4 rings (SSSR count). The number of aryl methyl sites for hydroxylation is 2. The second kappa shape index (κ2) is 16.9. The molecule has 39 heavy (non-hydrogen) atoms. The highest BCUT2D eigenvalue weighted by molar-refractivity contribution is 7.79. The van der Waals surface area contributed by atoms with Crippen molar-refractivity contribution in [3.63, 3.8) is 0 Å². The van der Waals surface area contributed by atoms with Crippen LogP contribution in [-0.4, -0.2) is 27.7 Å². The molecule has 0 saturated heterocycles. The van der Waals surface area contributed by atoms with Gasteiger partial charge in [-0.05, 0) is 72.8 Å². The number of benzene rings is 4. The van der Waals surface area contributed by atoms with Crippen molar-refractivity contribution in [3.05, 3.63) is 130 Å². The molecule has 0 aliphatic heterocycles. The molecule has 0 atom stereocenters. The smallest absolute Gasteiger partial charge is 0.131 e. The van der Waals surface area contributed by atoms with Crippen LogP contribution in [0.5, 0.6) is 11.5 Å². The molecule has 0 heterocycles. The van der Waals surface area contributed by atoms with E-state index >= 15 is 0 Å². The standard InChI is InChI=1S/2C15H16OS.H2O4S/c2*1-12-9-14(7-8-15(12)16)11-17-10-13-5-3-2-4-6-13;1-5(2,3)4/h2*2-9,16H,10-11H2,1H3;(H2,1,2,3,4). The number of thiol groups is 2. The predicted octanol–water partition coefficient (Wildman–Crippen LogP) is 5.09. The summed E-state index contributed by atoms with van der Waals surface area (Å²) in [6.07, 6.45) is 0. The molecule has 0 unspecified atom stereocenters. The Bertz CT molecular complexity index is 1280. The molecule has 0 spiro atoms. The summed E-state index contributed by atoms with van der Waals surface area (Å²) in [7, 11) is -5.17. The molecule has 208 valence electrons. The van der Waals surface area contributed by atoms with Crippen molar-refractivity contribution in [3.8, 4) is 11.5 Å². The van der Waals surface area contributed by atoms with Crippen molar-refractivity contribution in [2.45, 2.75) is 36.9 Å². The van der Waals surface area contributed by atoms with Crippen LogP contribution in [-0.2, 0) is 56.9 Å². The highest BCUT2D eigenvalue weighted by Crippen LogP contribution is 2.19. The lowest BCUT2D eigenvalue weighted by Crippen LogP contribution is -1.93. The Labute approximate surface area is 239 Å². The second-order valence-corrected chi connectivity index (χ2v) is 11.7. The molecule has 4 aromatic carbocycles. The Hall–Kier alpha value is -2.95. The number of aromatic hydroxyl groups is 2. The zero-order valence-electron chi connectivity index (χ0n) is 21.9. The predicted molar refractivity (Wildman–Crippen MR) is 161 cm³/mol. The van der Waals surface area contributed by atoms with Crippen molar-refractivity contribution in [2.24, 2.45) is 0 Å². The number of phenolic OH excluding ortho intramolecular Hbond substituents is 2. The van der Waals surface area contributed by atoms with E-state index in [0.717, 1.165) is 34.1 Å². The third kappa shape index (κ3) is 14.7. The van der Waals surface area contributed by atoms with Gasteiger partial charge in [-0.3, -0.25) is 8.42 Å². The van der Waals surface area contributed by atoms with Crippen LogP contribution in [0.25, 0.3) is 0 Å². The number of hydrogen-bond donors (Lipinski definition) is 2. The van der Waals surface area contributed by atoms with E-state index in [1.165, 1.54) is 45.8 Å². The molecule has 9 heteroatoms. The van der Waals surface area contributed by atoms with Crippen LogP contribution >= 0.6 is 0 Å². The summed E-state index contributed by atoms with van der Waals surface area (Å²) in [6, 6.07) is 32.7. The van der Waals surface area contributed by atoms with Crippen molar-refractivity contribution in [1.82, 2.24) is 0 Å². The molecular weight excluding hydrogens is 553 g/mol. The van der Waals surface area contributed by atoms with Gasteiger partial charge in [0.05, 0.1) is 0 Å². The minimum absolute atomic E-state index is 0.383. The first kappa shape index (κ1) is 32.3. The molecule has 2 N–H and O–H groups in total. The van der Waals surface area contributed by atoms with Crippen LogP contribution in [0.4, 0.5) is 0 Å². The van der Waals surface area contributed by atoms with E-state index in [0.29, 0.717) is 11.5 Å². The first-order chi connectivity index (χ1) is 18.5. The summed E-state index contributed by atoms with van der Waals surface area (Å²) >= 11 is 2.79. The van der Waals surface area contributed by atoms with Crippen LogP contribution in [0.15, 0.2) is 97.1 Å². The number of phenols is 2. The molecular formula is C30H34O6S3. The maximum atomic E-state index is 9.44. The van der Waals surface area contributed by atoms with Gasteiger partial charge in [-0.25, -0.2) is 0 Å². The van der Waals surface area contributed by atoms with Crippen molar-refractivity contribution in [1.29, 1.82) is 0 Å². The van der Waals surface area contributed by atoms with E-state index in [-0.39, 0.29) is 0 Å². The van der Waals surface area contributed by atoms with Gasteiger partial charge in [0.2, 0.25) is 0 Å². The number of hydrogen-bond acceptors (Lipinski definition) is 6. The van der Waals surface area contributed by atoms with Gasteiger partial charge in [-0.15, -0.1) is 0 Å². The molecule has 0 aliphatic rings. The molecule has 0 bridgehead atoms. The summed E-state index contributed by atoms with van der Waals surface area (Å²) in [5.41, 5.74) is 7.25. The normalized spacial score (nSPS) is 10.6. The lowest BCUT2D eigenvalue weighted by atomic mass is 10.1. The average molecular weight is 587 g/mol. The Morgan fingerprint density at radius 1 is 0.564 bits per heavy atom. The third-order valence-corrected chi connectivity index (χ3v) is 7.74. The fourth-order valence-electron chi connectivity index (χ4n) is 3.43. The molecule has 6 nitrogen and oxygen atoms in total. The Balaban J connectivity index is 0.000000234. The maximum Gasteiger partial charge on any atom is 0.131 e. The summed E-state index contributed by atoms with van der Waals surface area (Å²) in [4.78, 5) is 0. The Kier molecular flexibility index (Phi) is 14.0. The van der Waals surface area contributed by atoms with Gasteiger partial charge in [-0.2, -0.15) is 0 Å². The molecule has 0 aromatic heterocycles. The summed E-state index contributed by atoms with van der Waals surface area (Å²) in [6.45, 7) is 3.87. The van der Waals surface area contributed by atoms with Gasteiger partial charge in [0.1, 0.15) is 34.5 Å². The van der Waals surface area contributed by atoms with Crippen LogP contribution in [0, 0.1) is 13.8 Å². The highest BCUT2D eigenvalue weighted by atomic mass is 32.3.